The van der Waals surface area contributed by atoms with Crippen LogP contribution >= 0.6 is 0 Å². The molecule has 2 heterocycles. The molecule has 0 fully saturated rings. The fourth-order valence-corrected chi connectivity index (χ4v) is 4.47. The molecule has 0 saturated carbocycles. The number of carbonyl (C=O) groups excluding carboxylic acids is 2. The lowest BCUT2D eigenvalue weighted by atomic mass is 9.98. The molecule has 3 atom stereocenters. The van der Waals surface area contributed by atoms with Crippen molar-refractivity contribution in [3.8, 4) is 0 Å². The molecule has 1 amide bonds. The lowest BCUT2D eigenvalue weighted by Crippen LogP contribution is -2.36. The number of methoxy groups -OCH3 is 1. The molecule has 2 rings (SSSR count). The molecule has 0 aliphatic carbocycles. The van der Waals surface area contributed by atoms with E-state index in [1.807, 2.05) is 25.2 Å². The molecule has 1 aromatic rings. The lowest BCUT2D eigenvalue weighted by molar-refractivity contribution is -0.126. The number of hydrogen-bond acceptors (Lipinski definition) is 6. The van der Waals surface area contributed by atoms with Crippen LogP contribution in [0.2, 0.25) is 0 Å². The highest BCUT2D eigenvalue weighted by molar-refractivity contribution is 5.73. The Morgan fingerprint density at radius 2 is 1.92 bits per heavy atom. The number of nitrogens with one attached hydrogen (secondary N) is 2. The SMILES string of the molecule is C=C/C=C\C(=C/C)C(CCC(C)NCC)NC(C)=O.CCC(C)n1c(C)nc2c1CCN(C)C2.COC=O. The monoisotopic (exact) mass is 531 g/mol. The van der Waals surface area contributed by atoms with E-state index >= 15 is 0 Å². The Hall–Kier alpha value is -2.71. The number of allylic oxidation sites excluding steroid dienone is 3. The second-order valence-electron chi connectivity index (χ2n) is 9.67. The van der Waals surface area contributed by atoms with Crippen LogP contribution in [0.5, 0.6) is 0 Å². The molecular formula is C30H53N5O3. The quantitative estimate of drug-likeness (QED) is 0.295. The van der Waals surface area contributed by atoms with Gasteiger partial charge in [0.05, 0.1) is 18.8 Å². The first-order chi connectivity index (χ1) is 18.1. The van der Waals surface area contributed by atoms with Crippen molar-refractivity contribution in [2.45, 2.75) is 98.8 Å². The summed E-state index contributed by atoms with van der Waals surface area (Å²) in [6.07, 6.45) is 12.0. The molecule has 1 aliphatic rings. The van der Waals surface area contributed by atoms with Gasteiger partial charge in [0, 0.05) is 44.2 Å². The molecule has 3 unspecified atom stereocenters. The highest BCUT2D eigenvalue weighted by atomic mass is 16.5. The van der Waals surface area contributed by atoms with E-state index in [0.29, 0.717) is 18.6 Å². The molecule has 2 N–H and O–H groups in total. The standard InChI is InChI=1S/C16H28N2O.C12H21N3.C2H4O2/c1-6-9-10-15(7-2)16(18-14(5)19)12-11-13(4)17-8-3;1-5-9(2)15-10(3)13-11-8-14(4)7-6-12(11)15;1-4-2-3/h6-7,9-10,13,16-17H,1,8,11-12H2,2-5H3,(H,18,19);9H,5-8H2,1-4H3;2H,1H3/b10-9-,15-7+;;. The number of fused-ring (bicyclic) bond motifs is 1. The van der Waals surface area contributed by atoms with Gasteiger partial charge in [-0.05, 0) is 66.1 Å². The smallest absolute Gasteiger partial charge is 0.292 e. The van der Waals surface area contributed by atoms with Crippen LogP contribution in [0.15, 0.2) is 36.5 Å². The Labute approximate surface area is 231 Å². The van der Waals surface area contributed by atoms with E-state index < -0.39 is 0 Å². The van der Waals surface area contributed by atoms with Gasteiger partial charge in [-0.3, -0.25) is 9.59 Å². The topological polar surface area (TPSA) is 88.5 Å². The molecular weight excluding hydrogens is 478 g/mol. The van der Waals surface area contributed by atoms with Crippen LogP contribution < -0.4 is 10.6 Å². The summed E-state index contributed by atoms with van der Waals surface area (Å²) >= 11 is 0. The molecule has 216 valence electrons. The number of aromatic nitrogens is 2. The van der Waals surface area contributed by atoms with Crippen molar-refractivity contribution in [2.75, 3.05) is 27.2 Å². The first kappa shape index (κ1) is 35.3. The summed E-state index contributed by atoms with van der Waals surface area (Å²) in [5.41, 5.74) is 3.89. The number of likely N-dealkylation sites (N-methyl/N-ethyl adjacent to an activating group) is 1. The number of nitrogens with zero attached hydrogens (tertiary/aromatic N) is 3. The van der Waals surface area contributed by atoms with Gasteiger partial charge >= 0.3 is 0 Å². The predicted molar refractivity (Wildman–Crippen MR) is 158 cm³/mol. The Bertz CT molecular complexity index is 891. The second kappa shape index (κ2) is 20.3. The molecule has 0 bridgehead atoms. The van der Waals surface area contributed by atoms with Gasteiger partial charge in [-0.25, -0.2) is 4.98 Å². The number of ether oxygens (including phenoxy) is 1. The maximum Gasteiger partial charge on any atom is 0.292 e. The Kier molecular flexibility index (Phi) is 18.8. The highest BCUT2D eigenvalue weighted by Crippen LogP contribution is 2.24. The first-order valence-electron chi connectivity index (χ1n) is 13.8. The third-order valence-corrected chi connectivity index (χ3v) is 6.53. The number of hydrogen-bond donors (Lipinski definition) is 2. The number of imidazole rings is 1. The first-order valence-corrected chi connectivity index (χ1v) is 13.8. The zero-order chi connectivity index (χ0) is 29.1. The molecule has 0 saturated heterocycles. The minimum atomic E-state index is 0.00690. The van der Waals surface area contributed by atoms with Crippen molar-refractivity contribution < 1.29 is 14.3 Å². The van der Waals surface area contributed by atoms with Gasteiger partial charge in [-0.15, -0.1) is 0 Å². The predicted octanol–water partition coefficient (Wildman–Crippen LogP) is 4.90. The fourth-order valence-electron chi connectivity index (χ4n) is 4.47. The van der Waals surface area contributed by atoms with E-state index in [9.17, 15) is 4.79 Å². The number of rotatable bonds is 12. The fraction of sp³-hybridized carbons (Fsp3) is 0.633. The van der Waals surface area contributed by atoms with Gasteiger partial charge in [-0.1, -0.05) is 44.7 Å². The number of aryl methyl sites for hydroxylation is 1. The summed E-state index contributed by atoms with van der Waals surface area (Å²) in [4.78, 5) is 27.3. The Morgan fingerprint density at radius 1 is 1.26 bits per heavy atom. The number of amides is 1. The average molecular weight is 532 g/mol. The summed E-state index contributed by atoms with van der Waals surface area (Å²) in [5, 5.41) is 6.40. The van der Waals surface area contributed by atoms with E-state index in [1.54, 1.807) is 13.0 Å². The van der Waals surface area contributed by atoms with E-state index in [1.165, 1.54) is 30.7 Å². The van der Waals surface area contributed by atoms with Gasteiger partial charge in [0.1, 0.15) is 5.82 Å². The summed E-state index contributed by atoms with van der Waals surface area (Å²) in [6, 6.07) is 1.12. The van der Waals surface area contributed by atoms with Crippen molar-refractivity contribution >= 4 is 12.4 Å². The maximum atomic E-state index is 11.3. The third-order valence-electron chi connectivity index (χ3n) is 6.53. The van der Waals surface area contributed by atoms with Crippen LogP contribution in [0.4, 0.5) is 0 Å². The second-order valence-corrected chi connectivity index (χ2v) is 9.67. The van der Waals surface area contributed by atoms with Crippen LogP contribution in [0.3, 0.4) is 0 Å². The van der Waals surface area contributed by atoms with Gasteiger partial charge in [0.2, 0.25) is 5.91 Å². The van der Waals surface area contributed by atoms with Crippen molar-refractivity contribution in [3.05, 3.63) is 53.7 Å². The van der Waals surface area contributed by atoms with Gasteiger partial charge < -0.3 is 24.8 Å². The molecule has 1 aliphatic heterocycles. The van der Waals surface area contributed by atoms with Crippen LogP contribution in [-0.4, -0.2) is 66.2 Å². The lowest BCUT2D eigenvalue weighted by Gasteiger charge is -2.24. The van der Waals surface area contributed by atoms with Crippen molar-refractivity contribution in [2.24, 2.45) is 0 Å². The number of carbonyl (C=O) groups is 2. The normalized spacial score (nSPS) is 15.7. The van der Waals surface area contributed by atoms with Crippen molar-refractivity contribution in [1.82, 2.24) is 25.1 Å². The van der Waals surface area contributed by atoms with Crippen molar-refractivity contribution in [1.29, 1.82) is 0 Å². The molecule has 0 aromatic carbocycles. The van der Waals surface area contributed by atoms with Gasteiger partial charge in [0.25, 0.3) is 6.47 Å². The molecule has 0 radical (unpaired) electrons. The van der Waals surface area contributed by atoms with E-state index in [4.69, 9.17) is 9.78 Å². The van der Waals surface area contributed by atoms with Gasteiger partial charge in [-0.2, -0.15) is 0 Å². The van der Waals surface area contributed by atoms with Crippen LogP contribution in [0, 0.1) is 6.92 Å². The summed E-state index contributed by atoms with van der Waals surface area (Å²) in [5.74, 6) is 1.19. The maximum absolute atomic E-state index is 11.3. The average Bonchev–Trinajstić information content (AvgIpc) is 3.22. The molecule has 38 heavy (non-hydrogen) atoms. The summed E-state index contributed by atoms with van der Waals surface area (Å²) in [7, 11) is 3.48. The van der Waals surface area contributed by atoms with Crippen LogP contribution in [-0.2, 0) is 27.3 Å². The largest absolute Gasteiger partial charge is 0.471 e. The minimum Gasteiger partial charge on any atom is -0.471 e. The summed E-state index contributed by atoms with van der Waals surface area (Å²) in [6.45, 7) is 21.7. The minimum absolute atomic E-state index is 0.00690. The van der Waals surface area contributed by atoms with E-state index in [-0.39, 0.29) is 11.9 Å². The summed E-state index contributed by atoms with van der Waals surface area (Å²) < 4.78 is 6.29. The Morgan fingerprint density at radius 3 is 2.42 bits per heavy atom. The van der Waals surface area contributed by atoms with Gasteiger partial charge in [0.15, 0.2) is 0 Å². The Balaban J connectivity index is 0.000000641. The van der Waals surface area contributed by atoms with Crippen molar-refractivity contribution in [3.63, 3.8) is 0 Å². The molecule has 0 spiro atoms. The highest BCUT2D eigenvalue weighted by Gasteiger charge is 2.22. The van der Waals surface area contributed by atoms with Crippen LogP contribution in [0.25, 0.3) is 0 Å². The zero-order valence-corrected chi connectivity index (χ0v) is 25.3. The zero-order valence-electron chi connectivity index (χ0n) is 25.3. The van der Waals surface area contributed by atoms with E-state index in [0.717, 1.165) is 44.5 Å². The molecule has 8 heteroatoms. The third kappa shape index (κ3) is 13.2. The molecule has 8 nitrogen and oxygen atoms in total. The van der Waals surface area contributed by atoms with Crippen LogP contribution in [0.1, 0.15) is 84.1 Å². The van der Waals surface area contributed by atoms with E-state index in [2.05, 4.69) is 73.1 Å². The molecule has 1 aromatic heterocycles.